The van der Waals surface area contributed by atoms with Gasteiger partial charge in [0.15, 0.2) is 0 Å². The quantitative estimate of drug-likeness (QED) is 0.852. The third kappa shape index (κ3) is 2.97. The van der Waals surface area contributed by atoms with Crippen molar-refractivity contribution < 1.29 is 0 Å². The molecule has 0 atom stereocenters. The first-order chi connectivity index (χ1) is 8.19. The van der Waals surface area contributed by atoms with E-state index >= 15 is 0 Å². The van der Waals surface area contributed by atoms with Crippen LogP contribution >= 0.6 is 11.3 Å². The van der Waals surface area contributed by atoms with Crippen LogP contribution in [0.2, 0.25) is 0 Å². The SMILES string of the molecule is CNc1nc(N(C)CCc2ccc(C)s2)n[nH]1. The van der Waals surface area contributed by atoms with E-state index in [1.54, 1.807) is 0 Å². The smallest absolute Gasteiger partial charge is 0.246 e. The molecule has 0 aromatic carbocycles. The first-order valence-electron chi connectivity index (χ1n) is 5.55. The molecule has 0 aliphatic carbocycles. The van der Waals surface area contributed by atoms with Gasteiger partial charge in [-0.05, 0) is 25.5 Å². The largest absolute Gasteiger partial charge is 0.358 e. The minimum atomic E-state index is 0.693. The topological polar surface area (TPSA) is 56.8 Å². The van der Waals surface area contributed by atoms with Crippen LogP contribution in [-0.4, -0.2) is 35.8 Å². The van der Waals surface area contributed by atoms with E-state index in [9.17, 15) is 0 Å². The van der Waals surface area contributed by atoms with E-state index in [4.69, 9.17) is 0 Å². The van der Waals surface area contributed by atoms with Crippen LogP contribution in [0.1, 0.15) is 9.75 Å². The maximum atomic E-state index is 4.30. The van der Waals surface area contributed by atoms with Crippen LogP contribution in [0, 0.1) is 6.92 Å². The summed E-state index contributed by atoms with van der Waals surface area (Å²) < 4.78 is 0. The van der Waals surface area contributed by atoms with Crippen LogP contribution in [0.15, 0.2) is 12.1 Å². The van der Waals surface area contributed by atoms with E-state index in [2.05, 4.69) is 39.6 Å². The van der Waals surface area contributed by atoms with Crippen LogP contribution in [0.25, 0.3) is 0 Å². The Balaban J connectivity index is 1.90. The maximum absolute atomic E-state index is 4.30. The lowest BCUT2D eigenvalue weighted by molar-refractivity contribution is 0.848. The predicted octanol–water partition coefficient (Wildman–Crippen LogP) is 1.90. The Morgan fingerprint density at radius 2 is 2.29 bits per heavy atom. The van der Waals surface area contributed by atoms with E-state index in [0.29, 0.717) is 5.95 Å². The average Bonchev–Trinajstić information content (AvgIpc) is 2.94. The number of nitrogens with one attached hydrogen (secondary N) is 2. The van der Waals surface area contributed by atoms with Crippen molar-refractivity contribution in [3.8, 4) is 0 Å². The van der Waals surface area contributed by atoms with Crippen molar-refractivity contribution in [3.05, 3.63) is 21.9 Å². The minimum Gasteiger partial charge on any atom is -0.358 e. The van der Waals surface area contributed by atoms with E-state index < -0.39 is 0 Å². The van der Waals surface area contributed by atoms with Gasteiger partial charge in [-0.15, -0.1) is 16.4 Å². The monoisotopic (exact) mass is 251 g/mol. The lowest BCUT2D eigenvalue weighted by Crippen LogP contribution is -2.21. The van der Waals surface area contributed by atoms with Crippen molar-refractivity contribution in [2.45, 2.75) is 13.3 Å². The molecule has 0 saturated carbocycles. The number of anilines is 2. The van der Waals surface area contributed by atoms with Gasteiger partial charge in [0.1, 0.15) is 0 Å². The summed E-state index contributed by atoms with van der Waals surface area (Å²) in [7, 11) is 3.82. The number of aromatic nitrogens is 3. The van der Waals surface area contributed by atoms with Crippen LogP contribution in [-0.2, 0) is 6.42 Å². The van der Waals surface area contributed by atoms with E-state index in [-0.39, 0.29) is 0 Å². The number of nitrogens with zero attached hydrogens (tertiary/aromatic N) is 3. The molecule has 0 amide bonds. The molecule has 0 bridgehead atoms. The number of rotatable bonds is 5. The summed E-state index contributed by atoms with van der Waals surface area (Å²) in [5.41, 5.74) is 0. The summed E-state index contributed by atoms with van der Waals surface area (Å²) in [4.78, 5) is 9.11. The van der Waals surface area contributed by atoms with Crippen LogP contribution in [0.5, 0.6) is 0 Å². The number of thiophene rings is 1. The minimum absolute atomic E-state index is 0.693. The number of aromatic amines is 1. The van der Waals surface area contributed by atoms with Crippen LogP contribution in [0.4, 0.5) is 11.9 Å². The van der Waals surface area contributed by atoms with Gasteiger partial charge in [0.05, 0.1) is 0 Å². The molecule has 0 radical (unpaired) electrons. The van der Waals surface area contributed by atoms with Gasteiger partial charge in [-0.3, -0.25) is 0 Å². The molecule has 2 aromatic rings. The average molecular weight is 251 g/mol. The summed E-state index contributed by atoms with van der Waals surface area (Å²) >= 11 is 1.85. The Hall–Kier alpha value is -1.56. The summed E-state index contributed by atoms with van der Waals surface area (Å²) in [6, 6.07) is 4.34. The van der Waals surface area contributed by atoms with Crippen molar-refractivity contribution in [2.75, 3.05) is 30.9 Å². The zero-order valence-corrected chi connectivity index (χ0v) is 11.1. The Kier molecular flexibility index (Phi) is 3.63. The lowest BCUT2D eigenvalue weighted by atomic mass is 10.3. The highest BCUT2D eigenvalue weighted by Crippen LogP contribution is 2.16. The summed E-state index contributed by atoms with van der Waals surface area (Å²) in [6.07, 6.45) is 1.03. The first kappa shape index (κ1) is 11.9. The molecule has 2 aromatic heterocycles. The van der Waals surface area contributed by atoms with Crippen LogP contribution < -0.4 is 10.2 Å². The van der Waals surface area contributed by atoms with Gasteiger partial charge in [0.25, 0.3) is 0 Å². The predicted molar refractivity (Wildman–Crippen MR) is 72.0 cm³/mol. The highest BCUT2D eigenvalue weighted by atomic mass is 32.1. The van der Waals surface area contributed by atoms with Gasteiger partial charge < -0.3 is 10.2 Å². The van der Waals surface area contributed by atoms with Crippen molar-refractivity contribution in [2.24, 2.45) is 0 Å². The summed E-state index contributed by atoms with van der Waals surface area (Å²) in [6.45, 7) is 3.05. The molecule has 0 unspecified atom stereocenters. The molecule has 0 aliphatic rings. The number of hydrogen-bond acceptors (Lipinski definition) is 5. The van der Waals surface area contributed by atoms with Gasteiger partial charge in [-0.25, -0.2) is 5.10 Å². The normalized spacial score (nSPS) is 10.5. The van der Waals surface area contributed by atoms with E-state index in [1.165, 1.54) is 9.75 Å². The van der Waals surface area contributed by atoms with Crippen molar-refractivity contribution in [1.29, 1.82) is 0 Å². The Morgan fingerprint density at radius 3 is 2.88 bits per heavy atom. The molecule has 0 fully saturated rings. The standard InChI is InChI=1S/C11H17N5S/c1-8-4-5-9(17-8)6-7-16(3)11-13-10(12-2)14-15-11/h4-5H,6-7H2,1-3H3,(H2,12,13,14,15). The zero-order chi connectivity index (χ0) is 12.3. The van der Waals surface area contributed by atoms with E-state index in [1.807, 2.05) is 30.3 Å². The van der Waals surface area contributed by atoms with Crippen LogP contribution in [0.3, 0.4) is 0 Å². The Labute approximate surface area is 105 Å². The molecule has 0 spiro atoms. The van der Waals surface area contributed by atoms with Gasteiger partial charge in [-0.2, -0.15) is 4.98 Å². The fourth-order valence-corrected chi connectivity index (χ4v) is 2.41. The van der Waals surface area contributed by atoms with Gasteiger partial charge in [0, 0.05) is 30.4 Å². The van der Waals surface area contributed by atoms with E-state index in [0.717, 1.165) is 18.9 Å². The number of hydrogen-bond donors (Lipinski definition) is 2. The fraction of sp³-hybridized carbons (Fsp3) is 0.455. The fourth-order valence-electron chi connectivity index (χ4n) is 1.53. The zero-order valence-electron chi connectivity index (χ0n) is 10.3. The molecule has 2 heterocycles. The third-order valence-electron chi connectivity index (χ3n) is 2.54. The van der Waals surface area contributed by atoms with Crippen molar-refractivity contribution in [1.82, 2.24) is 15.2 Å². The highest BCUT2D eigenvalue weighted by Gasteiger charge is 2.07. The van der Waals surface area contributed by atoms with Crippen molar-refractivity contribution in [3.63, 3.8) is 0 Å². The van der Waals surface area contributed by atoms with Gasteiger partial charge in [-0.1, -0.05) is 0 Å². The highest BCUT2D eigenvalue weighted by molar-refractivity contribution is 7.11. The molecule has 92 valence electrons. The Morgan fingerprint density at radius 1 is 1.47 bits per heavy atom. The number of aryl methyl sites for hydroxylation is 1. The van der Waals surface area contributed by atoms with Crippen molar-refractivity contribution >= 4 is 23.2 Å². The third-order valence-corrected chi connectivity index (χ3v) is 3.60. The Bertz CT molecular complexity index is 476. The molecule has 0 aliphatic heterocycles. The summed E-state index contributed by atoms with van der Waals surface area (Å²) in [5, 5.41) is 9.89. The first-order valence-corrected chi connectivity index (χ1v) is 6.37. The molecule has 5 nitrogen and oxygen atoms in total. The maximum Gasteiger partial charge on any atom is 0.246 e. The molecular weight excluding hydrogens is 234 g/mol. The second-order valence-corrected chi connectivity index (χ2v) is 5.29. The second kappa shape index (κ2) is 5.18. The summed E-state index contributed by atoms with van der Waals surface area (Å²) in [5.74, 6) is 1.42. The molecular formula is C11H17N5S. The second-order valence-electron chi connectivity index (χ2n) is 3.92. The molecule has 2 rings (SSSR count). The number of likely N-dealkylation sites (N-methyl/N-ethyl adjacent to an activating group) is 1. The molecule has 2 N–H and O–H groups in total. The molecule has 0 saturated heterocycles. The lowest BCUT2D eigenvalue weighted by Gasteiger charge is -2.13. The number of H-pyrrole nitrogens is 1. The van der Waals surface area contributed by atoms with Gasteiger partial charge in [0.2, 0.25) is 11.9 Å². The van der Waals surface area contributed by atoms with Gasteiger partial charge >= 0.3 is 0 Å². The molecule has 6 heteroatoms. The molecule has 17 heavy (non-hydrogen) atoms.